The van der Waals surface area contributed by atoms with Crippen LogP contribution < -0.4 is 4.74 Å². The Morgan fingerprint density at radius 3 is 2.94 bits per heavy atom. The van der Waals surface area contributed by atoms with Crippen LogP contribution in [-0.2, 0) is 4.74 Å². The molecule has 96 valence electrons. The Hall–Kier alpha value is -1.81. The zero-order valence-electron chi connectivity index (χ0n) is 10.3. The number of rotatable bonds is 4. The summed E-state index contributed by atoms with van der Waals surface area (Å²) in [6.45, 7) is 6.55. The highest BCUT2D eigenvalue weighted by Gasteiger charge is 2.18. The molecule has 1 aromatic rings. The summed E-state index contributed by atoms with van der Waals surface area (Å²) < 4.78 is 10.7. The van der Waals surface area contributed by atoms with Gasteiger partial charge in [-0.3, -0.25) is 4.79 Å². The highest BCUT2D eigenvalue weighted by molar-refractivity contribution is 5.94. The van der Waals surface area contributed by atoms with Crippen LogP contribution in [0.5, 0.6) is 5.75 Å². The van der Waals surface area contributed by atoms with Crippen molar-refractivity contribution in [3.63, 3.8) is 0 Å². The summed E-state index contributed by atoms with van der Waals surface area (Å²) in [6.07, 6.45) is 1.68. The molecule has 1 saturated heterocycles. The minimum Gasteiger partial charge on any atom is -0.490 e. The van der Waals surface area contributed by atoms with Gasteiger partial charge in [-0.1, -0.05) is 18.7 Å². The predicted octanol–water partition coefficient (Wildman–Crippen LogP) is 1.72. The summed E-state index contributed by atoms with van der Waals surface area (Å²) in [4.78, 5) is 14.0. The Bertz CT molecular complexity index is 425. The van der Waals surface area contributed by atoms with E-state index in [1.165, 1.54) is 0 Å². The van der Waals surface area contributed by atoms with Crippen molar-refractivity contribution < 1.29 is 14.3 Å². The Kier molecular flexibility index (Phi) is 4.36. The second-order valence-electron chi connectivity index (χ2n) is 4.03. The van der Waals surface area contributed by atoms with Crippen molar-refractivity contribution in [1.82, 2.24) is 4.90 Å². The van der Waals surface area contributed by atoms with Gasteiger partial charge in [0.25, 0.3) is 5.91 Å². The molecule has 2 rings (SSSR count). The van der Waals surface area contributed by atoms with Gasteiger partial charge >= 0.3 is 0 Å². The van der Waals surface area contributed by atoms with Gasteiger partial charge in [-0.2, -0.15) is 0 Å². The molecule has 1 aliphatic heterocycles. The van der Waals surface area contributed by atoms with Crippen LogP contribution in [0.15, 0.2) is 36.9 Å². The highest BCUT2D eigenvalue weighted by Crippen LogP contribution is 2.15. The summed E-state index contributed by atoms with van der Waals surface area (Å²) in [5.41, 5.74) is 0.651. The molecule has 1 heterocycles. The van der Waals surface area contributed by atoms with Crippen molar-refractivity contribution in [3.8, 4) is 5.75 Å². The van der Waals surface area contributed by atoms with Crippen LogP contribution >= 0.6 is 0 Å². The molecule has 1 aliphatic rings. The number of ether oxygens (including phenoxy) is 2. The van der Waals surface area contributed by atoms with Gasteiger partial charge in [0, 0.05) is 18.7 Å². The third-order valence-corrected chi connectivity index (χ3v) is 2.75. The Morgan fingerprint density at radius 2 is 2.22 bits per heavy atom. The van der Waals surface area contributed by atoms with E-state index in [2.05, 4.69) is 6.58 Å². The molecule has 1 aromatic carbocycles. The molecule has 4 heteroatoms. The number of morpholine rings is 1. The van der Waals surface area contributed by atoms with Gasteiger partial charge in [-0.15, -0.1) is 0 Å². The normalized spacial score (nSPS) is 15.2. The Labute approximate surface area is 107 Å². The minimum atomic E-state index is 0.0300. The fourth-order valence-electron chi connectivity index (χ4n) is 1.82. The van der Waals surface area contributed by atoms with Crippen LogP contribution in [0.3, 0.4) is 0 Å². The number of hydrogen-bond donors (Lipinski definition) is 0. The van der Waals surface area contributed by atoms with Crippen LogP contribution in [0.25, 0.3) is 0 Å². The van der Waals surface area contributed by atoms with E-state index in [-0.39, 0.29) is 5.91 Å². The lowest BCUT2D eigenvalue weighted by molar-refractivity contribution is 0.0302. The maximum atomic E-state index is 12.2. The molecule has 18 heavy (non-hydrogen) atoms. The van der Waals surface area contributed by atoms with Crippen molar-refractivity contribution >= 4 is 5.91 Å². The smallest absolute Gasteiger partial charge is 0.254 e. The Balaban J connectivity index is 2.06. The van der Waals surface area contributed by atoms with Crippen molar-refractivity contribution in [1.29, 1.82) is 0 Å². The summed E-state index contributed by atoms with van der Waals surface area (Å²) in [7, 11) is 0. The van der Waals surface area contributed by atoms with Gasteiger partial charge in [0.2, 0.25) is 0 Å². The lowest BCUT2D eigenvalue weighted by Crippen LogP contribution is -2.40. The molecule has 0 spiro atoms. The van der Waals surface area contributed by atoms with Crippen molar-refractivity contribution in [2.45, 2.75) is 0 Å². The van der Waals surface area contributed by atoms with Crippen LogP contribution in [0.2, 0.25) is 0 Å². The van der Waals surface area contributed by atoms with Gasteiger partial charge < -0.3 is 14.4 Å². The van der Waals surface area contributed by atoms with E-state index in [9.17, 15) is 4.79 Å². The van der Waals surface area contributed by atoms with E-state index in [1.54, 1.807) is 23.1 Å². The molecule has 1 fully saturated rings. The SMILES string of the molecule is C=CCOc1cccc(C(=O)N2CCOCC2)c1. The topological polar surface area (TPSA) is 38.8 Å². The number of carbonyl (C=O) groups is 1. The second-order valence-corrected chi connectivity index (χ2v) is 4.03. The third-order valence-electron chi connectivity index (χ3n) is 2.75. The van der Waals surface area contributed by atoms with Crippen LogP contribution in [0.1, 0.15) is 10.4 Å². The van der Waals surface area contributed by atoms with Crippen molar-refractivity contribution in [2.24, 2.45) is 0 Å². The number of nitrogens with zero attached hydrogens (tertiary/aromatic N) is 1. The van der Waals surface area contributed by atoms with Crippen LogP contribution in [0, 0.1) is 0 Å². The zero-order valence-corrected chi connectivity index (χ0v) is 10.3. The predicted molar refractivity (Wildman–Crippen MR) is 68.9 cm³/mol. The van der Waals surface area contributed by atoms with Crippen molar-refractivity contribution in [3.05, 3.63) is 42.5 Å². The van der Waals surface area contributed by atoms with E-state index in [0.717, 1.165) is 0 Å². The first-order valence-electron chi connectivity index (χ1n) is 6.02. The van der Waals surface area contributed by atoms with Gasteiger partial charge in [0.1, 0.15) is 12.4 Å². The van der Waals surface area contributed by atoms with E-state index in [4.69, 9.17) is 9.47 Å². The van der Waals surface area contributed by atoms with E-state index >= 15 is 0 Å². The highest BCUT2D eigenvalue weighted by atomic mass is 16.5. The largest absolute Gasteiger partial charge is 0.490 e. The molecule has 0 atom stereocenters. The minimum absolute atomic E-state index is 0.0300. The second kappa shape index (κ2) is 6.21. The molecule has 0 aromatic heterocycles. The average Bonchev–Trinajstić information content (AvgIpc) is 2.45. The van der Waals surface area contributed by atoms with E-state index < -0.39 is 0 Å². The summed E-state index contributed by atoms with van der Waals surface area (Å²) >= 11 is 0. The molecule has 4 nitrogen and oxygen atoms in total. The molecule has 0 aliphatic carbocycles. The molecule has 1 amide bonds. The number of benzene rings is 1. The molecule has 0 unspecified atom stereocenters. The van der Waals surface area contributed by atoms with Crippen LogP contribution in [-0.4, -0.2) is 43.7 Å². The molecule has 0 bridgehead atoms. The van der Waals surface area contributed by atoms with Gasteiger partial charge in [0.05, 0.1) is 13.2 Å². The van der Waals surface area contributed by atoms with E-state index in [1.807, 2.05) is 12.1 Å². The van der Waals surface area contributed by atoms with Gasteiger partial charge in [0.15, 0.2) is 0 Å². The number of hydrogen-bond acceptors (Lipinski definition) is 3. The molecular formula is C14H17NO3. The van der Waals surface area contributed by atoms with Gasteiger partial charge in [-0.25, -0.2) is 0 Å². The monoisotopic (exact) mass is 247 g/mol. The molecule has 0 N–H and O–H groups in total. The number of carbonyl (C=O) groups excluding carboxylic acids is 1. The first-order chi connectivity index (χ1) is 8.81. The lowest BCUT2D eigenvalue weighted by atomic mass is 10.2. The standard InChI is InChI=1S/C14H17NO3/c1-2-8-18-13-5-3-4-12(11-13)14(16)15-6-9-17-10-7-15/h2-5,11H,1,6-10H2. The quantitative estimate of drug-likeness (QED) is 0.760. The zero-order chi connectivity index (χ0) is 12.8. The summed E-state index contributed by atoms with van der Waals surface area (Å²) in [6, 6.07) is 7.23. The Morgan fingerprint density at radius 1 is 1.44 bits per heavy atom. The fourth-order valence-corrected chi connectivity index (χ4v) is 1.82. The van der Waals surface area contributed by atoms with Gasteiger partial charge in [-0.05, 0) is 18.2 Å². The lowest BCUT2D eigenvalue weighted by Gasteiger charge is -2.26. The number of amides is 1. The maximum Gasteiger partial charge on any atom is 0.254 e. The first-order valence-corrected chi connectivity index (χ1v) is 6.02. The van der Waals surface area contributed by atoms with Crippen molar-refractivity contribution in [2.75, 3.05) is 32.9 Å². The molecule has 0 saturated carbocycles. The average molecular weight is 247 g/mol. The summed E-state index contributed by atoms with van der Waals surface area (Å²) in [5.74, 6) is 0.719. The first kappa shape index (κ1) is 12.6. The summed E-state index contributed by atoms with van der Waals surface area (Å²) in [5, 5.41) is 0. The van der Waals surface area contributed by atoms with Crippen LogP contribution in [0.4, 0.5) is 0 Å². The maximum absolute atomic E-state index is 12.2. The van der Waals surface area contributed by atoms with E-state index in [0.29, 0.717) is 44.2 Å². The molecule has 0 radical (unpaired) electrons. The molecular weight excluding hydrogens is 230 g/mol. The fraction of sp³-hybridized carbons (Fsp3) is 0.357. The third kappa shape index (κ3) is 3.11.